The molecule has 0 aliphatic heterocycles. The number of benzene rings is 1. The van der Waals surface area contributed by atoms with Crippen molar-refractivity contribution < 1.29 is 9.53 Å². The summed E-state index contributed by atoms with van der Waals surface area (Å²) in [5.74, 6) is 0.656. The Morgan fingerprint density at radius 3 is 2.75 bits per heavy atom. The third-order valence-corrected chi connectivity index (χ3v) is 3.23. The van der Waals surface area contributed by atoms with Crippen LogP contribution in [0.2, 0.25) is 0 Å². The standard InChI is InChI=1S/C15H15BrN2O2/c16-13-8-4-9-17-14(13)15(19)18-10-5-11-20-12-6-2-1-3-7-12/h1-4,6-9H,5,10-11H2,(H,18,19). The zero-order chi connectivity index (χ0) is 14.2. The molecule has 104 valence electrons. The van der Waals surface area contributed by atoms with Crippen LogP contribution in [-0.4, -0.2) is 24.0 Å². The van der Waals surface area contributed by atoms with Crippen molar-refractivity contribution in [2.75, 3.05) is 13.2 Å². The third-order valence-electron chi connectivity index (χ3n) is 2.59. The Hall–Kier alpha value is -1.88. The highest BCUT2D eigenvalue weighted by molar-refractivity contribution is 9.10. The average Bonchev–Trinajstić information content (AvgIpc) is 2.48. The number of nitrogens with one attached hydrogen (secondary N) is 1. The first-order valence-corrected chi connectivity index (χ1v) is 7.13. The first-order valence-electron chi connectivity index (χ1n) is 6.34. The van der Waals surface area contributed by atoms with Crippen molar-refractivity contribution in [1.82, 2.24) is 10.3 Å². The van der Waals surface area contributed by atoms with Crippen LogP contribution in [0.3, 0.4) is 0 Å². The van der Waals surface area contributed by atoms with Gasteiger partial charge in [-0.25, -0.2) is 4.98 Å². The molecular weight excluding hydrogens is 320 g/mol. The van der Waals surface area contributed by atoms with Crippen molar-refractivity contribution in [3.05, 3.63) is 58.8 Å². The lowest BCUT2D eigenvalue weighted by molar-refractivity contribution is 0.0945. The lowest BCUT2D eigenvalue weighted by Gasteiger charge is -2.07. The molecule has 2 aromatic rings. The second kappa shape index (κ2) is 7.65. The van der Waals surface area contributed by atoms with E-state index in [1.807, 2.05) is 30.3 Å². The smallest absolute Gasteiger partial charge is 0.271 e. The monoisotopic (exact) mass is 334 g/mol. The van der Waals surface area contributed by atoms with Gasteiger partial charge in [0.05, 0.1) is 6.61 Å². The lowest BCUT2D eigenvalue weighted by Crippen LogP contribution is -2.26. The van der Waals surface area contributed by atoms with Crippen molar-refractivity contribution in [3.8, 4) is 5.75 Å². The van der Waals surface area contributed by atoms with E-state index in [0.717, 1.165) is 12.2 Å². The number of aromatic nitrogens is 1. The maximum Gasteiger partial charge on any atom is 0.271 e. The molecule has 0 saturated carbocycles. The van der Waals surface area contributed by atoms with Crippen LogP contribution in [0.5, 0.6) is 5.75 Å². The molecule has 4 nitrogen and oxygen atoms in total. The Bertz CT molecular complexity index is 561. The molecule has 0 aliphatic rings. The molecule has 0 spiro atoms. The lowest BCUT2D eigenvalue weighted by atomic mass is 10.3. The summed E-state index contributed by atoms with van der Waals surface area (Å²) in [5, 5.41) is 2.81. The summed E-state index contributed by atoms with van der Waals surface area (Å²) < 4.78 is 6.23. The summed E-state index contributed by atoms with van der Waals surface area (Å²) in [4.78, 5) is 15.9. The highest BCUT2D eigenvalue weighted by Crippen LogP contribution is 2.12. The highest BCUT2D eigenvalue weighted by atomic mass is 79.9. The number of rotatable bonds is 6. The van der Waals surface area contributed by atoms with Crippen LogP contribution in [0.4, 0.5) is 0 Å². The highest BCUT2D eigenvalue weighted by Gasteiger charge is 2.09. The van der Waals surface area contributed by atoms with Crippen molar-refractivity contribution in [3.63, 3.8) is 0 Å². The number of hydrogen-bond donors (Lipinski definition) is 1. The SMILES string of the molecule is O=C(NCCCOc1ccccc1)c1ncccc1Br. The van der Waals surface area contributed by atoms with Gasteiger partial charge in [0.25, 0.3) is 5.91 Å². The number of halogens is 1. The van der Waals surface area contributed by atoms with E-state index < -0.39 is 0 Å². The summed E-state index contributed by atoms with van der Waals surface area (Å²) in [6, 6.07) is 13.2. The molecule has 0 bridgehead atoms. The maximum absolute atomic E-state index is 11.9. The molecule has 0 radical (unpaired) electrons. The number of para-hydroxylation sites is 1. The van der Waals surface area contributed by atoms with Gasteiger partial charge in [-0.05, 0) is 46.6 Å². The number of amides is 1. The van der Waals surface area contributed by atoms with Gasteiger partial charge in [0.15, 0.2) is 0 Å². The van der Waals surface area contributed by atoms with E-state index in [1.165, 1.54) is 0 Å². The minimum absolute atomic E-state index is 0.183. The molecule has 1 heterocycles. The number of nitrogens with zero attached hydrogens (tertiary/aromatic N) is 1. The van der Waals surface area contributed by atoms with Gasteiger partial charge in [-0.15, -0.1) is 0 Å². The summed E-state index contributed by atoms with van der Waals surface area (Å²) in [6.45, 7) is 1.11. The molecule has 0 aliphatic carbocycles. The second-order valence-electron chi connectivity index (χ2n) is 4.10. The van der Waals surface area contributed by atoms with Crippen LogP contribution in [0, 0.1) is 0 Å². The molecule has 2 rings (SSSR count). The van der Waals surface area contributed by atoms with E-state index in [9.17, 15) is 4.79 Å². The van der Waals surface area contributed by atoms with Gasteiger partial charge in [-0.2, -0.15) is 0 Å². The minimum atomic E-state index is -0.183. The normalized spacial score (nSPS) is 10.1. The fourth-order valence-corrected chi connectivity index (χ4v) is 2.05. The molecule has 0 saturated heterocycles. The molecular formula is C15H15BrN2O2. The number of pyridine rings is 1. The Kier molecular flexibility index (Phi) is 5.55. The molecule has 5 heteroatoms. The first-order chi connectivity index (χ1) is 9.77. The van der Waals surface area contributed by atoms with Gasteiger partial charge in [0, 0.05) is 17.2 Å². The Morgan fingerprint density at radius 2 is 2.00 bits per heavy atom. The van der Waals surface area contributed by atoms with Crippen molar-refractivity contribution in [2.24, 2.45) is 0 Å². The zero-order valence-corrected chi connectivity index (χ0v) is 12.5. The quantitative estimate of drug-likeness (QED) is 0.826. The van der Waals surface area contributed by atoms with E-state index >= 15 is 0 Å². The maximum atomic E-state index is 11.9. The Labute approximate surface area is 126 Å². The second-order valence-corrected chi connectivity index (χ2v) is 4.96. The molecule has 1 aromatic heterocycles. The van der Waals surface area contributed by atoms with Crippen molar-refractivity contribution in [2.45, 2.75) is 6.42 Å². The van der Waals surface area contributed by atoms with Crippen LogP contribution < -0.4 is 10.1 Å². The number of ether oxygens (including phenoxy) is 1. The van der Waals surface area contributed by atoms with Crippen LogP contribution >= 0.6 is 15.9 Å². The average molecular weight is 335 g/mol. The van der Waals surface area contributed by atoms with Gasteiger partial charge < -0.3 is 10.1 Å². The summed E-state index contributed by atoms with van der Waals surface area (Å²) in [6.07, 6.45) is 2.34. The number of carbonyl (C=O) groups excluding carboxylic acids is 1. The van der Waals surface area contributed by atoms with E-state index in [1.54, 1.807) is 18.3 Å². The van der Waals surface area contributed by atoms with Crippen molar-refractivity contribution in [1.29, 1.82) is 0 Å². The van der Waals surface area contributed by atoms with Gasteiger partial charge in [0.2, 0.25) is 0 Å². The Balaban J connectivity index is 1.69. The third kappa shape index (κ3) is 4.35. The predicted octanol–water partition coefficient (Wildman–Crippen LogP) is 3.04. The molecule has 1 amide bonds. The predicted molar refractivity (Wildman–Crippen MR) is 80.8 cm³/mol. The largest absolute Gasteiger partial charge is 0.494 e. The fourth-order valence-electron chi connectivity index (χ4n) is 1.62. The number of hydrogen-bond acceptors (Lipinski definition) is 3. The van der Waals surface area contributed by atoms with Gasteiger partial charge in [-0.3, -0.25) is 4.79 Å². The van der Waals surface area contributed by atoms with Crippen LogP contribution in [0.15, 0.2) is 53.1 Å². The molecule has 0 unspecified atom stereocenters. The fraction of sp³-hybridized carbons (Fsp3) is 0.200. The van der Waals surface area contributed by atoms with Gasteiger partial charge in [-0.1, -0.05) is 18.2 Å². The molecule has 0 atom stereocenters. The van der Waals surface area contributed by atoms with Crippen LogP contribution in [0.1, 0.15) is 16.9 Å². The molecule has 1 aromatic carbocycles. The van der Waals surface area contributed by atoms with E-state index in [4.69, 9.17) is 4.74 Å². The summed E-state index contributed by atoms with van der Waals surface area (Å²) >= 11 is 3.30. The minimum Gasteiger partial charge on any atom is -0.494 e. The summed E-state index contributed by atoms with van der Waals surface area (Å²) in [5.41, 5.74) is 0.400. The molecule has 20 heavy (non-hydrogen) atoms. The van der Waals surface area contributed by atoms with E-state index in [-0.39, 0.29) is 5.91 Å². The van der Waals surface area contributed by atoms with E-state index in [0.29, 0.717) is 23.3 Å². The van der Waals surface area contributed by atoms with Crippen LogP contribution in [-0.2, 0) is 0 Å². The van der Waals surface area contributed by atoms with Gasteiger partial charge in [0.1, 0.15) is 11.4 Å². The van der Waals surface area contributed by atoms with Crippen LogP contribution in [0.25, 0.3) is 0 Å². The van der Waals surface area contributed by atoms with E-state index in [2.05, 4.69) is 26.2 Å². The first kappa shape index (κ1) is 14.5. The summed E-state index contributed by atoms with van der Waals surface area (Å²) in [7, 11) is 0. The van der Waals surface area contributed by atoms with Crippen molar-refractivity contribution >= 4 is 21.8 Å². The van der Waals surface area contributed by atoms with Gasteiger partial charge >= 0.3 is 0 Å². The molecule has 1 N–H and O–H groups in total. The Morgan fingerprint density at radius 1 is 1.20 bits per heavy atom. The topological polar surface area (TPSA) is 51.2 Å². The zero-order valence-electron chi connectivity index (χ0n) is 10.9. The molecule has 0 fully saturated rings. The number of carbonyl (C=O) groups is 1.